The molecule has 0 fully saturated rings. The van der Waals surface area contributed by atoms with Gasteiger partial charge in [0.1, 0.15) is 6.61 Å². The van der Waals surface area contributed by atoms with Crippen LogP contribution in [0.4, 0.5) is 5.69 Å². The maximum atomic E-state index is 12.2. The monoisotopic (exact) mass is 286 g/mol. The van der Waals surface area contributed by atoms with Crippen molar-refractivity contribution in [3.63, 3.8) is 0 Å². The van der Waals surface area contributed by atoms with E-state index in [1.54, 1.807) is 31.4 Å². The number of aromatic nitrogens is 1. The molecule has 0 spiro atoms. The van der Waals surface area contributed by atoms with E-state index < -0.39 is 6.10 Å². The predicted molar refractivity (Wildman–Crippen MR) is 76.7 cm³/mol. The largest absolute Gasteiger partial charge is 0.485 e. The zero-order valence-corrected chi connectivity index (χ0v) is 11.4. The van der Waals surface area contributed by atoms with Crippen LogP contribution in [-0.2, 0) is 11.8 Å². The van der Waals surface area contributed by atoms with Crippen LogP contribution in [0.25, 0.3) is 0 Å². The molecule has 1 amide bonds. The predicted octanol–water partition coefficient (Wildman–Crippen LogP) is 1.16. The number of amides is 1. The van der Waals surface area contributed by atoms with Crippen LogP contribution in [-0.4, -0.2) is 23.2 Å². The van der Waals surface area contributed by atoms with Gasteiger partial charge >= 0.3 is 0 Å². The molecule has 6 heteroatoms. The minimum absolute atomic E-state index is 0.140. The molecule has 0 aliphatic carbocycles. The third kappa shape index (κ3) is 2.74. The zero-order chi connectivity index (χ0) is 14.8. The number of fused-ring (bicyclic) bond motifs is 1. The third-order valence-electron chi connectivity index (χ3n) is 3.15. The van der Waals surface area contributed by atoms with Gasteiger partial charge in [-0.3, -0.25) is 9.59 Å². The van der Waals surface area contributed by atoms with Gasteiger partial charge in [-0.15, -0.1) is 0 Å². The molecule has 2 aromatic rings. The minimum atomic E-state index is -0.725. The molecule has 0 bridgehead atoms. The first-order chi connectivity index (χ1) is 10.1. The number of rotatable bonds is 2. The van der Waals surface area contributed by atoms with E-state index in [0.717, 1.165) is 0 Å². The smallest absolute Gasteiger partial charge is 0.269 e. The molecule has 108 valence electrons. The Morgan fingerprint density at radius 3 is 2.76 bits per heavy atom. The number of aryl methyl sites for hydroxylation is 1. The van der Waals surface area contributed by atoms with Crippen molar-refractivity contribution in [3.8, 4) is 11.5 Å². The Balaban J connectivity index is 1.72. The molecule has 1 atom stereocenters. The Bertz CT molecular complexity index is 738. The maximum absolute atomic E-state index is 12.2. The fourth-order valence-corrected chi connectivity index (χ4v) is 2.04. The topological polar surface area (TPSA) is 69.6 Å². The normalized spacial score (nSPS) is 16.3. The molecule has 0 radical (unpaired) electrons. The Labute approximate surface area is 120 Å². The first kappa shape index (κ1) is 13.2. The van der Waals surface area contributed by atoms with Crippen LogP contribution >= 0.6 is 0 Å². The van der Waals surface area contributed by atoms with Gasteiger partial charge in [0.25, 0.3) is 5.91 Å². The lowest BCUT2D eigenvalue weighted by Crippen LogP contribution is -2.40. The van der Waals surface area contributed by atoms with E-state index in [1.165, 1.54) is 10.6 Å². The van der Waals surface area contributed by atoms with Crippen LogP contribution in [0.2, 0.25) is 0 Å². The van der Waals surface area contributed by atoms with E-state index in [4.69, 9.17) is 9.47 Å². The second-order valence-corrected chi connectivity index (χ2v) is 4.72. The summed E-state index contributed by atoms with van der Waals surface area (Å²) >= 11 is 0. The Kier molecular flexibility index (Phi) is 3.35. The van der Waals surface area contributed by atoms with Gasteiger partial charge in [-0.1, -0.05) is 12.1 Å². The van der Waals surface area contributed by atoms with E-state index >= 15 is 0 Å². The number of para-hydroxylation sites is 2. The summed E-state index contributed by atoms with van der Waals surface area (Å²) in [6.07, 6.45) is 0.829. The summed E-state index contributed by atoms with van der Waals surface area (Å²) in [6.45, 7) is 0.147. The number of carbonyl (C=O) groups is 1. The van der Waals surface area contributed by atoms with E-state index in [-0.39, 0.29) is 18.1 Å². The molecule has 1 aromatic carbocycles. The number of pyridine rings is 1. The molecule has 6 nitrogen and oxygen atoms in total. The summed E-state index contributed by atoms with van der Waals surface area (Å²) in [5.74, 6) is 0.858. The average molecular weight is 286 g/mol. The highest BCUT2D eigenvalue weighted by Crippen LogP contribution is 2.31. The van der Waals surface area contributed by atoms with Gasteiger partial charge in [0.05, 0.1) is 5.69 Å². The lowest BCUT2D eigenvalue weighted by atomic mass is 10.2. The number of nitrogens with zero attached hydrogens (tertiary/aromatic N) is 1. The molecule has 0 saturated carbocycles. The lowest BCUT2D eigenvalue weighted by molar-refractivity contribution is -0.125. The highest BCUT2D eigenvalue weighted by atomic mass is 16.6. The number of hydrogen-bond acceptors (Lipinski definition) is 4. The molecule has 3 rings (SSSR count). The van der Waals surface area contributed by atoms with E-state index in [1.807, 2.05) is 12.1 Å². The van der Waals surface area contributed by atoms with E-state index in [9.17, 15) is 9.59 Å². The molecule has 1 aliphatic heterocycles. The molecule has 1 N–H and O–H groups in total. The van der Waals surface area contributed by atoms with Gasteiger partial charge in [-0.25, -0.2) is 0 Å². The second-order valence-electron chi connectivity index (χ2n) is 4.72. The summed E-state index contributed by atoms with van der Waals surface area (Å²) in [5, 5.41) is 2.71. The summed E-state index contributed by atoms with van der Waals surface area (Å²) in [5.41, 5.74) is 0.392. The summed E-state index contributed by atoms with van der Waals surface area (Å²) in [4.78, 5) is 23.5. The summed E-state index contributed by atoms with van der Waals surface area (Å²) < 4.78 is 12.5. The van der Waals surface area contributed by atoms with Crippen molar-refractivity contribution in [3.05, 3.63) is 52.9 Å². The number of hydrogen-bond donors (Lipinski definition) is 1. The fraction of sp³-hybridized carbons (Fsp3) is 0.200. The highest BCUT2D eigenvalue weighted by Gasteiger charge is 2.27. The number of carbonyl (C=O) groups excluding carboxylic acids is 1. The molecule has 1 aromatic heterocycles. The molecular weight excluding hydrogens is 272 g/mol. The van der Waals surface area contributed by atoms with Crippen molar-refractivity contribution < 1.29 is 14.3 Å². The van der Waals surface area contributed by atoms with E-state index in [0.29, 0.717) is 17.2 Å². The van der Waals surface area contributed by atoms with Gasteiger partial charge in [0.15, 0.2) is 11.5 Å². The second kappa shape index (κ2) is 5.32. The maximum Gasteiger partial charge on any atom is 0.269 e. The zero-order valence-electron chi connectivity index (χ0n) is 11.4. The molecule has 1 aliphatic rings. The van der Waals surface area contributed by atoms with E-state index in [2.05, 4.69) is 5.32 Å². The quantitative estimate of drug-likeness (QED) is 0.899. The van der Waals surface area contributed by atoms with Crippen molar-refractivity contribution in [2.45, 2.75) is 6.10 Å². The SMILES string of the molecule is Cn1cc(NC(=O)[C@@H]2COc3ccccc3O2)ccc1=O. The third-order valence-corrected chi connectivity index (χ3v) is 3.15. The van der Waals surface area contributed by atoms with Crippen molar-refractivity contribution in [1.29, 1.82) is 0 Å². The summed E-state index contributed by atoms with van der Waals surface area (Å²) in [6, 6.07) is 10.1. The first-order valence-electron chi connectivity index (χ1n) is 6.49. The number of nitrogens with one attached hydrogen (secondary N) is 1. The van der Waals surface area contributed by atoms with Gasteiger partial charge in [-0.2, -0.15) is 0 Å². The molecule has 0 saturated heterocycles. The first-order valence-corrected chi connectivity index (χ1v) is 6.49. The van der Waals surface area contributed by atoms with Gasteiger partial charge in [0.2, 0.25) is 11.7 Å². The van der Waals surface area contributed by atoms with Crippen LogP contribution in [0.1, 0.15) is 0 Å². The van der Waals surface area contributed by atoms with Crippen LogP contribution in [0.15, 0.2) is 47.4 Å². The van der Waals surface area contributed by atoms with Crippen molar-refractivity contribution in [1.82, 2.24) is 4.57 Å². The molecule has 21 heavy (non-hydrogen) atoms. The van der Waals surface area contributed by atoms with Crippen LogP contribution in [0.5, 0.6) is 11.5 Å². The Hall–Kier alpha value is -2.76. The standard InChI is InChI=1S/C15H14N2O4/c1-17-8-10(6-7-14(17)18)16-15(19)13-9-20-11-4-2-3-5-12(11)21-13/h2-8,13H,9H2,1H3,(H,16,19)/t13-/m0/s1. The Morgan fingerprint density at radius 2 is 2.00 bits per heavy atom. The van der Waals surface area contributed by atoms with Crippen LogP contribution in [0.3, 0.4) is 0 Å². The lowest BCUT2D eigenvalue weighted by Gasteiger charge is -2.25. The van der Waals surface area contributed by atoms with Gasteiger partial charge in [-0.05, 0) is 18.2 Å². The van der Waals surface area contributed by atoms with Crippen molar-refractivity contribution in [2.24, 2.45) is 7.05 Å². The van der Waals surface area contributed by atoms with Gasteiger partial charge in [0, 0.05) is 19.3 Å². The van der Waals surface area contributed by atoms with Crippen molar-refractivity contribution in [2.75, 3.05) is 11.9 Å². The van der Waals surface area contributed by atoms with Crippen LogP contribution < -0.4 is 20.3 Å². The highest BCUT2D eigenvalue weighted by molar-refractivity contribution is 5.94. The fourth-order valence-electron chi connectivity index (χ4n) is 2.04. The van der Waals surface area contributed by atoms with Crippen LogP contribution in [0, 0.1) is 0 Å². The minimum Gasteiger partial charge on any atom is -0.485 e. The summed E-state index contributed by atoms with van der Waals surface area (Å²) in [7, 11) is 1.62. The average Bonchev–Trinajstić information content (AvgIpc) is 2.50. The molecular formula is C15H14N2O4. The van der Waals surface area contributed by atoms with Gasteiger partial charge < -0.3 is 19.4 Å². The molecule has 0 unspecified atom stereocenters. The van der Waals surface area contributed by atoms with Crippen molar-refractivity contribution >= 4 is 11.6 Å². The number of benzene rings is 1. The Morgan fingerprint density at radius 1 is 1.24 bits per heavy atom. The molecule has 2 heterocycles. The number of ether oxygens (including phenoxy) is 2. The number of anilines is 1.